The van der Waals surface area contributed by atoms with E-state index in [2.05, 4.69) is 25.2 Å². The first kappa shape index (κ1) is 14.0. The number of hydrogen-bond acceptors (Lipinski definition) is 2. The topological polar surface area (TPSA) is 38.3 Å². The van der Waals surface area contributed by atoms with E-state index in [1.54, 1.807) is 12.2 Å². The van der Waals surface area contributed by atoms with Crippen molar-refractivity contribution < 1.29 is 9.53 Å². The van der Waals surface area contributed by atoms with Crippen molar-refractivity contribution in [3.8, 4) is 0 Å². The van der Waals surface area contributed by atoms with E-state index in [4.69, 9.17) is 4.74 Å². The number of rotatable bonds is 6. The number of ether oxygens (including phenoxy) is 1. The normalized spacial score (nSPS) is 20.8. The predicted molar refractivity (Wildman–Crippen MR) is 69.7 cm³/mol. The van der Waals surface area contributed by atoms with Gasteiger partial charge < -0.3 is 10.1 Å². The number of carbonyl (C=O) groups is 1. The summed E-state index contributed by atoms with van der Waals surface area (Å²) in [5.74, 6) is 1.13. The van der Waals surface area contributed by atoms with Gasteiger partial charge in [-0.25, -0.2) is 0 Å². The molecule has 1 unspecified atom stereocenters. The van der Waals surface area contributed by atoms with Crippen LogP contribution in [0.3, 0.4) is 0 Å². The summed E-state index contributed by atoms with van der Waals surface area (Å²) >= 11 is 0. The average molecular weight is 237 g/mol. The molecule has 3 nitrogen and oxygen atoms in total. The van der Waals surface area contributed by atoms with Crippen molar-refractivity contribution in [2.45, 2.75) is 26.7 Å². The molecule has 1 rings (SSSR count). The highest BCUT2D eigenvalue weighted by molar-refractivity contribution is 5.87. The van der Waals surface area contributed by atoms with E-state index in [9.17, 15) is 4.79 Å². The molecule has 0 aromatic heterocycles. The van der Waals surface area contributed by atoms with Gasteiger partial charge >= 0.3 is 0 Å². The molecular weight excluding hydrogens is 214 g/mol. The lowest BCUT2D eigenvalue weighted by Crippen LogP contribution is -2.27. The highest BCUT2D eigenvalue weighted by atomic mass is 16.5. The summed E-state index contributed by atoms with van der Waals surface area (Å²) in [6, 6.07) is 0. The van der Waals surface area contributed by atoms with Crippen molar-refractivity contribution in [3.05, 3.63) is 24.3 Å². The standard InChI is InChI=1S/C14H23NO2/c1-12(2)6-4-3-5-7-14(16)15-10-13-8-9-17-11-13/h3-5,7,12-13H,6,8-11H2,1-2H3,(H,15,16)/b4-3+,7-5+. The first-order valence-electron chi connectivity index (χ1n) is 6.37. The number of nitrogens with one attached hydrogen (secondary N) is 1. The van der Waals surface area contributed by atoms with Crippen LogP contribution in [-0.4, -0.2) is 25.7 Å². The molecule has 0 spiro atoms. The van der Waals surface area contributed by atoms with Gasteiger partial charge in [0.2, 0.25) is 5.91 Å². The number of allylic oxidation sites excluding steroid dienone is 3. The second-order valence-corrected chi connectivity index (χ2v) is 4.89. The largest absolute Gasteiger partial charge is 0.381 e. The van der Waals surface area contributed by atoms with E-state index in [-0.39, 0.29) is 5.91 Å². The second-order valence-electron chi connectivity index (χ2n) is 4.89. The molecule has 1 atom stereocenters. The number of amides is 1. The van der Waals surface area contributed by atoms with Crippen LogP contribution in [0.2, 0.25) is 0 Å². The Balaban J connectivity index is 2.11. The van der Waals surface area contributed by atoms with Crippen LogP contribution >= 0.6 is 0 Å². The van der Waals surface area contributed by atoms with Crippen LogP contribution in [0.1, 0.15) is 26.7 Å². The average Bonchev–Trinajstić information content (AvgIpc) is 2.78. The maximum absolute atomic E-state index is 11.4. The molecule has 1 aliphatic heterocycles. The van der Waals surface area contributed by atoms with Gasteiger partial charge in [0.05, 0.1) is 6.61 Å². The predicted octanol–water partition coefficient (Wildman–Crippen LogP) is 2.30. The van der Waals surface area contributed by atoms with Gasteiger partial charge in [-0.1, -0.05) is 32.1 Å². The molecule has 1 N–H and O–H groups in total. The fourth-order valence-corrected chi connectivity index (χ4v) is 1.62. The van der Waals surface area contributed by atoms with E-state index in [1.165, 1.54) is 0 Å². The first-order valence-corrected chi connectivity index (χ1v) is 6.37. The van der Waals surface area contributed by atoms with Crippen molar-refractivity contribution in [1.29, 1.82) is 0 Å². The highest BCUT2D eigenvalue weighted by Gasteiger charge is 2.15. The zero-order chi connectivity index (χ0) is 12.5. The van der Waals surface area contributed by atoms with Crippen LogP contribution in [-0.2, 0) is 9.53 Å². The highest BCUT2D eigenvalue weighted by Crippen LogP contribution is 2.10. The maximum Gasteiger partial charge on any atom is 0.243 e. The molecule has 0 bridgehead atoms. The van der Waals surface area contributed by atoms with E-state index in [0.29, 0.717) is 11.8 Å². The quantitative estimate of drug-likeness (QED) is 0.568. The number of carbonyl (C=O) groups excluding carboxylic acids is 1. The molecule has 0 aromatic carbocycles. The molecule has 1 aliphatic rings. The Bertz CT molecular complexity index is 276. The summed E-state index contributed by atoms with van der Waals surface area (Å²) < 4.78 is 5.24. The molecule has 1 heterocycles. The fourth-order valence-electron chi connectivity index (χ4n) is 1.62. The van der Waals surface area contributed by atoms with E-state index in [1.807, 2.05) is 6.08 Å². The molecule has 1 amide bonds. The lowest BCUT2D eigenvalue weighted by molar-refractivity contribution is -0.116. The van der Waals surface area contributed by atoms with Gasteiger partial charge in [0.1, 0.15) is 0 Å². The smallest absolute Gasteiger partial charge is 0.243 e. The molecule has 0 aromatic rings. The van der Waals surface area contributed by atoms with E-state index >= 15 is 0 Å². The van der Waals surface area contributed by atoms with E-state index in [0.717, 1.165) is 32.6 Å². The van der Waals surface area contributed by atoms with Crippen LogP contribution in [0.5, 0.6) is 0 Å². The minimum atomic E-state index is -0.0221. The van der Waals surface area contributed by atoms with Crippen LogP contribution in [0, 0.1) is 11.8 Å². The third-order valence-corrected chi connectivity index (χ3v) is 2.69. The molecule has 0 radical (unpaired) electrons. The number of hydrogen-bond donors (Lipinski definition) is 1. The summed E-state index contributed by atoms with van der Waals surface area (Å²) in [6.07, 6.45) is 9.48. The molecular formula is C14H23NO2. The van der Waals surface area contributed by atoms with Crippen LogP contribution < -0.4 is 5.32 Å². The van der Waals surface area contributed by atoms with Crippen LogP contribution in [0.15, 0.2) is 24.3 Å². The zero-order valence-electron chi connectivity index (χ0n) is 10.8. The van der Waals surface area contributed by atoms with Gasteiger partial charge in [-0.15, -0.1) is 0 Å². The molecule has 0 saturated carbocycles. The summed E-state index contributed by atoms with van der Waals surface area (Å²) in [6.45, 7) is 6.67. The third-order valence-electron chi connectivity index (χ3n) is 2.69. The van der Waals surface area contributed by atoms with Crippen LogP contribution in [0.25, 0.3) is 0 Å². The lowest BCUT2D eigenvalue weighted by atomic mass is 10.1. The van der Waals surface area contributed by atoms with Gasteiger partial charge in [-0.05, 0) is 18.8 Å². The minimum absolute atomic E-state index is 0.0221. The van der Waals surface area contributed by atoms with E-state index < -0.39 is 0 Å². The van der Waals surface area contributed by atoms with Crippen molar-refractivity contribution in [3.63, 3.8) is 0 Å². The molecule has 0 aliphatic carbocycles. The van der Waals surface area contributed by atoms with Crippen LogP contribution in [0.4, 0.5) is 0 Å². The fraction of sp³-hybridized carbons (Fsp3) is 0.643. The van der Waals surface area contributed by atoms with Crippen molar-refractivity contribution in [1.82, 2.24) is 5.32 Å². The second kappa shape index (κ2) is 8.07. The monoisotopic (exact) mass is 237 g/mol. The van der Waals surface area contributed by atoms with Gasteiger partial charge in [-0.3, -0.25) is 4.79 Å². The Labute approximate surface area is 104 Å². The Morgan fingerprint density at radius 2 is 2.29 bits per heavy atom. The molecule has 17 heavy (non-hydrogen) atoms. The van der Waals surface area contributed by atoms with Gasteiger partial charge in [0.15, 0.2) is 0 Å². The summed E-state index contributed by atoms with van der Waals surface area (Å²) in [5, 5.41) is 2.88. The third kappa shape index (κ3) is 6.95. The summed E-state index contributed by atoms with van der Waals surface area (Å²) in [4.78, 5) is 11.4. The first-order chi connectivity index (χ1) is 8.18. The lowest BCUT2D eigenvalue weighted by Gasteiger charge is -2.06. The summed E-state index contributed by atoms with van der Waals surface area (Å²) in [7, 11) is 0. The summed E-state index contributed by atoms with van der Waals surface area (Å²) in [5.41, 5.74) is 0. The minimum Gasteiger partial charge on any atom is -0.381 e. The molecule has 3 heteroatoms. The van der Waals surface area contributed by atoms with Gasteiger partial charge in [-0.2, -0.15) is 0 Å². The zero-order valence-corrected chi connectivity index (χ0v) is 10.8. The Kier molecular flexibility index (Phi) is 6.63. The van der Waals surface area contributed by atoms with Crippen molar-refractivity contribution in [2.75, 3.05) is 19.8 Å². The Hall–Kier alpha value is -1.09. The SMILES string of the molecule is CC(C)C/C=C/C=C/C(=O)NCC1CCOC1. The molecule has 96 valence electrons. The van der Waals surface area contributed by atoms with Gasteiger partial charge in [0.25, 0.3) is 0 Å². The molecule has 1 saturated heterocycles. The Morgan fingerprint density at radius 3 is 2.94 bits per heavy atom. The van der Waals surface area contributed by atoms with Gasteiger partial charge in [0, 0.05) is 25.1 Å². The Morgan fingerprint density at radius 1 is 1.47 bits per heavy atom. The molecule has 1 fully saturated rings. The maximum atomic E-state index is 11.4. The van der Waals surface area contributed by atoms with Crippen molar-refractivity contribution in [2.24, 2.45) is 11.8 Å². The van der Waals surface area contributed by atoms with Crippen molar-refractivity contribution >= 4 is 5.91 Å².